The lowest BCUT2D eigenvalue weighted by Gasteiger charge is -2.12. The first-order valence-electron chi connectivity index (χ1n) is 10.00. The first kappa shape index (κ1) is 20.8. The Labute approximate surface area is 172 Å². The monoisotopic (exact) mass is 388 g/mol. The van der Waals surface area contributed by atoms with E-state index in [1.165, 1.54) is 5.56 Å². The van der Waals surface area contributed by atoms with Gasteiger partial charge in [0.05, 0.1) is 30.3 Å². The average molecular weight is 389 g/mol. The van der Waals surface area contributed by atoms with Crippen LogP contribution < -0.4 is 5.73 Å². The van der Waals surface area contributed by atoms with Crippen LogP contribution >= 0.6 is 0 Å². The van der Waals surface area contributed by atoms with Crippen LogP contribution in [0.1, 0.15) is 36.2 Å². The number of benzene rings is 2. The summed E-state index contributed by atoms with van der Waals surface area (Å²) >= 11 is 0. The second kappa shape index (κ2) is 10.0. The molecule has 0 amide bonds. The SMILES string of the molecule is CC(C)COCc1cn(Cc2cc(C#N)ccc2-c2ccc(CCN)cc2)cn1. The fraction of sp³-hybridized carbons (Fsp3) is 0.333. The summed E-state index contributed by atoms with van der Waals surface area (Å²) in [6.07, 6.45) is 4.70. The number of hydrogen-bond donors (Lipinski definition) is 1. The van der Waals surface area contributed by atoms with E-state index >= 15 is 0 Å². The first-order chi connectivity index (χ1) is 14.1. The molecule has 0 saturated carbocycles. The Kier molecular flexibility index (Phi) is 7.18. The number of nitriles is 1. The van der Waals surface area contributed by atoms with Crippen LogP contribution in [-0.2, 0) is 24.3 Å². The summed E-state index contributed by atoms with van der Waals surface area (Å²) in [4.78, 5) is 4.45. The summed E-state index contributed by atoms with van der Waals surface area (Å²) in [6.45, 7) is 6.79. The molecule has 5 nitrogen and oxygen atoms in total. The molecule has 0 aliphatic heterocycles. The number of ether oxygens (including phenoxy) is 1. The lowest BCUT2D eigenvalue weighted by Crippen LogP contribution is -2.03. The van der Waals surface area contributed by atoms with Gasteiger partial charge in [-0.3, -0.25) is 0 Å². The smallest absolute Gasteiger partial charge is 0.0991 e. The van der Waals surface area contributed by atoms with E-state index in [9.17, 15) is 5.26 Å². The molecule has 0 fully saturated rings. The highest BCUT2D eigenvalue weighted by molar-refractivity contribution is 5.68. The third-order valence-corrected chi connectivity index (χ3v) is 4.67. The van der Waals surface area contributed by atoms with Gasteiger partial charge in [-0.15, -0.1) is 0 Å². The van der Waals surface area contributed by atoms with Gasteiger partial charge in [-0.05, 0) is 53.3 Å². The van der Waals surface area contributed by atoms with Gasteiger partial charge in [-0.2, -0.15) is 5.26 Å². The minimum absolute atomic E-state index is 0.504. The van der Waals surface area contributed by atoms with Crippen LogP contribution in [0.25, 0.3) is 11.1 Å². The predicted octanol–water partition coefficient (Wildman–Crippen LogP) is 4.14. The van der Waals surface area contributed by atoms with Crippen molar-refractivity contribution in [3.05, 3.63) is 77.4 Å². The second-order valence-electron chi connectivity index (χ2n) is 7.67. The fourth-order valence-corrected chi connectivity index (χ4v) is 3.26. The molecule has 0 aliphatic rings. The normalized spacial score (nSPS) is 11.0. The van der Waals surface area contributed by atoms with Gasteiger partial charge in [0.25, 0.3) is 0 Å². The van der Waals surface area contributed by atoms with Crippen LogP contribution in [-0.4, -0.2) is 22.7 Å². The van der Waals surface area contributed by atoms with E-state index in [-0.39, 0.29) is 0 Å². The fourth-order valence-electron chi connectivity index (χ4n) is 3.26. The van der Waals surface area contributed by atoms with Crippen LogP contribution in [0.4, 0.5) is 0 Å². The molecule has 0 unspecified atom stereocenters. The molecule has 5 heteroatoms. The molecule has 150 valence electrons. The average Bonchev–Trinajstić information content (AvgIpc) is 3.16. The molecule has 0 aliphatic carbocycles. The number of aromatic nitrogens is 2. The molecule has 2 N–H and O–H groups in total. The molecule has 3 aromatic rings. The molecule has 0 saturated heterocycles. The molecule has 0 radical (unpaired) electrons. The van der Waals surface area contributed by atoms with E-state index < -0.39 is 0 Å². The summed E-state index contributed by atoms with van der Waals surface area (Å²) in [5, 5.41) is 9.33. The molecule has 0 atom stereocenters. The van der Waals surface area contributed by atoms with Gasteiger partial charge >= 0.3 is 0 Å². The highest BCUT2D eigenvalue weighted by atomic mass is 16.5. The van der Waals surface area contributed by atoms with Crippen LogP contribution in [0.5, 0.6) is 0 Å². The molecule has 2 aromatic carbocycles. The van der Waals surface area contributed by atoms with Gasteiger partial charge in [-0.25, -0.2) is 4.98 Å². The van der Waals surface area contributed by atoms with Crippen LogP contribution in [0.15, 0.2) is 55.0 Å². The van der Waals surface area contributed by atoms with Gasteiger partial charge in [0.15, 0.2) is 0 Å². The zero-order chi connectivity index (χ0) is 20.6. The van der Waals surface area contributed by atoms with Crippen molar-refractivity contribution in [2.24, 2.45) is 11.7 Å². The minimum Gasteiger partial charge on any atom is -0.375 e. The van der Waals surface area contributed by atoms with E-state index in [1.54, 1.807) is 0 Å². The van der Waals surface area contributed by atoms with Gasteiger partial charge in [0, 0.05) is 19.3 Å². The zero-order valence-corrected chi connectivity index (χ0v) is 17.1. The van der Waals surface area contributed by atoms with Crippen molar-refractivity contribution in [1.29, 1.82) is 5.26 Å². The molecule has 29 heavy (non-hydrogen) atoms. The topological polar surface area (TPSA) is 76.9 Å². The molecular weight excluding hydrogens is 360 g/mol. The molecule has 1 heterocycles. The van der Waals surface area contributed by atoms with E-state index in [1.807, 2.05) is 35.3 Å². The van der Waals surface area contributed by atoms with E-state index in [4.69, 9.17) is 10.5 Å². The Balaban J connectivity index is 1.81. The summed E-state index contributed by atoms with van der Waals surface area (Å²) < 4.78 is 7.72. The Morgan fingerprint density at radius 1 is 1.17 bits per heavy atom. The number of nitrogens with two attached hydrogens (primary N) is 1. The number of hydrogen-bond acceptors (Lipinski definition) is 4. The van der Waals surface area contributed by atoms with Crippen molar-refractivity contribution in [3.63, 3.8) is 0 Å². The third-order valence-electron chi connectivity index (χ3n) is 4.67. The lowest BCUT2D eigenvalue weighted by atomic mass is 9.96. The molecule has 1 aromatic heterocycles. The van der Waals surface area contributed by atoms with Crippen molar-refractivity contribution in [2.75, 3.05) is 13.2 Å². The van der Waals surface area contributed by atoms with E-state index in [0.29, 0.717) is 31.2 Å². The maximum atomic E-state index is 9.33. The van der Waals surface area contributed by atoms with Crippen molar-refractivity contribution in [1.82, 2.24) is 9.55 Å². The standard InChI is InChI=1S/C24H28N4O/c1-18(2)15-29-16-23-14-28(17-27-23)13-22-11-20(12-26)5-8-24(22)21-6-3-19(4-7-21)9-10-25/h3-8,11,14,17-18H,9-10,13,15-16,25H2,1-2H3. The minimum atomic E-state index is 0.504. The molecular formula is C24H28N4O. The lowest BCUT2D eigenvalue weighted by molar-refractivity contribution is 0.0950. The predicted molar refractivity (Wildman–Crippen MR) is 115 cm³/mol. The summed E-state index contributed by atoms with van der Waals surface area (Å²) in [6, 6.07) is 16.6. The Morgan fingerprint density at radius 3 is 2.66 bits per heavy atom. The van der Waals surface area contributed by atoms with Gasteiger partial charge in [-0.1, -0.05) is 44.2 Å². The highest BCUT2D eigenvalue weighted by Gasteiger charge is 2.09. The highest BCUT2D eigenvalue weighted by Crippen LogP contribution is 2.26. The zero-order valence-electron chi connectivity index (χ0n) is 17.1. The van der Waals surface area contributed by atoms with Crippen molar-refractivity contribution in [3.8, 4) is 17.2 Å². The Bertz CT molecular complexity index is 967. The number of imidazole rings is 1. The van der Waals surface area contributed by atoms with Gasteiger partial charge in [0.2, 0.25) is 0 Å². The Morgan fingerprint density at radius 2 is 1.97 bits per heavy atom. The van der Waals surface area contributed by atoms with Crippen LogP contribution in [0, 0.1) is 17.2 Å². The van der Waals surface area contributed by atoms with Crippen LogP contribution in [0.3, 0.4) is 0 Å². The second-order valence-corrected chi connectivity index (χ2v) is 7.67. The third kappa shape index (κ3) is 5.77. The molecule has 3 rings (SSSR count). The van der Waals surface area contributed by atoms with E-state index in [0.717, 1.165) is 35.4 Å². The first-order valence-corrected chi connectivity index (χ1v) is 10.00. The molecule has 0 spiro atoms. The largest absolute Gasteiger partial charge is 0.375 e. The van der Waals surface area contributed by atoms with Crippen molar-refractivity contribution in [2.45, 2.75) is 33.4 Å². The molecule has 0 bridgehead atoms. The maximum Gasteiger partial charge on any atom is 0.0991 e. The van der Waals surface area contributed by atoms with Crippen LogP contribution in [0.2, 0.25) is 0 Å². The Hall–Kier alpha value is -2.94. The number of rotatable bonds is 9. The van der Waals surface area contributed by atoms with Crippen molar-refractivity contribution < 1.29 is 4.74 Å². The summed E-state index contributed by atoms with van der Waals surface area (Å²) in [5.74, 6) is 0.504. The number of nitrogens with zero attached hydrogens (tertiary/aromatic N) is 3. The maximum absolute atomic E-state index is 9.33. The van der Waals surface area contributed by atoms with Crippen molar-refractivity contribution >= 4 is 0 Å². The quantitative estimate of drug-likeness (QED) is 0.597. The van der Waals surface area contributed by atoms with Gasteiger partial charge in [0.1, 0.15) is 0 Å². The summed E-state index contributed by atoms with van der Waals surface area (Å²) in [7, 11) is 0. The van der Waals surface area contributed by atoms with Gasteiger partial charge < -0.3 is 15.0 Å². The summed E-state index contributed by atoms with van der Waals surface area (Å²) in [5.41, 5.74) is 11.8. The van der Waals surface area contributed by atoms with E-state index in [2.05, 4.69) is 49.2 Å².